The molecule has 2 heterocycles. The quantitative estimate of drug-likeness (QED) is 0.657. The summed E-state index contributed by atoms with van der Waals surface area (Å²) >= 11 is 1.66. The molecule has 0 radical (unpaired) electrons. The fourth-order valence-corrected chi connectivity index (χ4v) is 5.37. The van der Waals surface area contributed by atoms with Crippen molar-refractivity contribution >= 4 is 27.7 Å². The van der Waals surface area contributed by atoms with Crippen LogP contribution in [-0.2, 0) is 20.6 Å². The summed E-state index contributed by atoms with van der Waals surface area (Å²) in [6, 6.07) is 8.51. The number of piperidine rings is 1. The number of carbonyl (C=O) groups excluding carboxylic acids is 1. The maximum Gasteiger partial charge on any atom is 0.243 e. The zero-order valence-corrected chi connectivity index (χ0v) is 17.0. The lowest BCUT2D eigenvalue weighted by atomic mass is 9.99. The average molecular weight is 427 g/mol. The first-order valence-corrected chi connectivity index (χ1v) is 11.7. The van der Waals surface area contributed by atoms with Gasteiger partial charge < -0.3 is 9.73 Å². The Bertz CT molecular complexity index is 870. The maximum atomic E-state index is 13.1. The summed E-state index contributed by atoms with van der Waals surface area (Å²) in [6.45, 7) is 1.03. The number of thioether (sulfide) groups is 1. The van der Waals surface area contributed by atoms with Crippen LogP contribution in [0.3, 0.4) is 0 Å². The molecule has 0 unspecified atom stereocenters. The van der Waals surface area contributed by atoms with E-state index in [4.69, 9.17) is 4.42 Å². The van der Waals surface area contributed by atoms with Crippen molar-refractivity contribution in [2.45, 2.75) is 23.5 Å². The number of amides is 1. The first-order chi connectivity index (χ1) is 13.5. The summed E-state index contributed by atoms with van der Waals surface area (Å²) < 4.78 is 45.1. The van der Waals surface area contributed by atoms with Gasteiger partial charge >= 0.3 is 0 Å². The van der Waals surface area contributed by atoms with E-state index in [1.807, 2.05) is 12.1 Å². The van der Waals surface area contributed by atoms with Crippen LogP contribution >= 0.6 is 11.8 Å². The van der Waals surface area contributed by atoms with Gasteiger partial charge in [-0.15, -0.1) is 0 Å². The monoisotopic (exact) mass is 426 g/mol. The second kappa shape index (κ2) is 9.58. The molecule has 0 bridgehead atoms. The number of carbonyl (C=O) groups is 1. The van der Waals surface area contributed by atoms with Gasteiger partial charge in [0.2, 0.25) is 15.9 Å². The SMILES string of the molecule is O=C(NCCSCc1ccco1)[C@@H]1CCCN(S(=O)(=O)c2ccc(F)cc2)C1. The Hall–Kier alpha value is -1.84. The third-order valence-electron chi connectivity index (χ3n) is 4.58. The first kappa shape index (κ1) is 20.9. The molecule has 1 aromatic heterocycles. The Kier molecular flexibility index (Phi) is 7.14. The van der Waals surface area contributed by atoms with Crippen molar-refractivity contribution in [3.63, 3.8) is 0 Å². The van der Waals surface area contributed by atoms with E-state index in [1.165, 1.54) is 16.4 Å². The molecule has 0 aliphatic carbocycles. The molecule has 0 spiro atoms. The maximum absolute atomic E-state index is 13.1. The van der Waals surface area contributed by atoms with E-state index in [0.717, 1.165) is 29.4 Å². The van der Waals surface area contributed by atoms with Crippen molar-refractivity contribution in [1.82, 2.24) is 9.62 Å². The van der Waals surface area contributed by atoms with Gasteiger partial charge in [-0.1, -0.05) is 0 Å². The van der Waals surface area contributed by atoms with E-state index in [2.05, 4.69) is 5.32 Å². The Morgan fingerprint density at radius 2 is 2.07 bits per heavy atom. The van der Waals surface area contributed by atoms with Crippen LogP contribution in [0.15, 0.2) is 52.0 Å². The molecule has 6 nitrogen and oxygen atoms in total. The van der Waals surface area contributed by atoms with Crippen LogP contribution < -0.4 is 5.32 Å². The third kappa shape index (κ3) is 5.36. The number of sulfonamides is 1. The van der Waals surface area contributed by atoms with E-state index in [9.17, 15) is 17.6 Å². The largest absolute Gasteiger partial charge is 0.468 e. The second-order valence-corrected chi connectivity index (χ2v) is 9.62. The number of benzene rings is 1. The number of nitrogens with zero attached hydrogens (tertiary/aromatic N) is 1. The molecule has 28 heavy (non-hydrogen) atoms. The smallest absolute Gasteiger partial charge is 0.243 e. The Labute approximate surface area is 168 Å². The Balaban J connectivity index is 1.48. The molecule has 9 heteroatoms. The van der Waals surface area contributed by atoms with Gasteiger partial charge in [0.05, 0.1) is 22.8 Å². The van der Waals surface area contributed by atoms with Crippen molar-refractivity contribution in [2.75, 3.05) is 25.4 Å². The van der Waals surface area contributed by atoms with Gasteiger partial charge in [0.15, 0.2) is 0 Å². The molecule has 1 fully saturated rings. The third-order valence-corrected chi connectivity index (χ3v) is 7.44. The van der Waals surface area contributed by atoms with Gasteiger partial charge in [-0.2, -0.15) is 16.1 Å². The molecule has 1 saturated heterocycles. The molecule has 1 atom stereocenters. The van der Waals surface area contributed by atoms with Crippen molar-refractivity contribution in [2.24, 2.45) is 5.92 Å². The van der Waals surface area contributed by atoms with Crippen molar-refractivity contribution in [1.29, 1.82) is 0 Å². The zero-order chi connectivity index (χ0) is 20.0. The van der Waals surface area contributed by atoms with Crippen molar-refractivity contribution in [3.05, 3.63) is 54.2 Å². The molecule has 1 amide bonds. The number of rotatable bonds is 8. The van der Waals surface area contributed by atoms with Gasteiger partial charge in [-0.25, -0.2) is 12.8 Å². The lowest BCUT2D eigenvalue weighted by Gasteiger charge is -2.31. The zero-order valence-electron chi connectivity index (χ0n) is 15.3. The normalized spacial score (nSPS) is 18.1. The molecule has 1 aliphatic heterocycles. The highest BCUT2D eigenvalue weighted by atomic mass is 32.2. The predicted octanol–water partition coefficient (Wildman–Crippen LogP) is 2.87. The van der Waals surface area contributed by atoms with Crippen LogP contribution in [0.25, 0.3) is 0 Å². The van der Waals surface area contributed by atoms with Crippen LogP contribution in [0, 0.1) is 11.7 Å². The predicted molar refractivity (Wildman–Crippen MR) is 106 cm³/mol. The van der Waals surface area contributed by atoms with Crippen molar-refractivity contribution < 1.29 is 22.0 Å². The van der Waals surface area contributed by atoms with Gasteiger partial charge in [0, 0.05) is 25.4 Å². The van der Waals surface area contributed by atoms with Crippen LogP contribution in [0.1, 0.15) is 18.6 Å². The van der Waals surface area contributed by atoms with E-state index in [-0.39, 0.29) is 23.3 Å². The molecule has 2 aromatic rings. The highest BCUT2D eigenvalue weighted by Crippen LogP contribution is 2.24. The number of halogens is 1. The van der Waals surface area contributed by atoms with Crippen LogP contribution in [0.5, 0.6) is 0 Å². The summed E-state index contributed by atoms with van der Waals surface area (Å²) in [5.74, 6) is 1.40. The van der Waals surface area contributed by atoms with Crippen LogP contribution in [0.4, 0.5) is 4.39 Å². The number of nitrogens with one attached hydrogen (secondary N) is 1. The molecule has 0 saturated carbocycles. The molecule has 1 aromatic carbocycles. The molecule has 152 valence electrons. The topological polar surface area (TPSA) is 79.6 Å². The lowest BCUT2D eigenvalue weighted by molar-refractivity contribution is -0.125. The van der Waals surface area contributed by atoms with E-state index >= 15 is 0 Å². The summed E-state index contributed by atoms with van der Waals surface area (Å²) in [5, 5.41) is 2.89. The molecule has 1 aliphatic rings. The second-order valence-electron chi connectivity index (χ2n) is 6.58. The summed E-state index contributed by atoms with van der Waals surface area (Å²) in [4.78, 5) is 12.5. The minimum Gasteiger partial charge on any atom is -0.468 e. The minimum atomic E-state index is -3.73. The molecular formula is C19H23FN2O4S2. The number of hydrogen-bond donors (Lipinski definition) is 1. The van der Waals surface area contributed by atoms with Crippen molar-refractivity contribution in [3.8, 4) is 0 Å². The Morgan fingerprint density at radius 3 is 2.79 bits per heavy atom. The van der Waals surface area contributed by atoms with Gasteiger partial charge in [0.1, 0.15) is 11.6 Å². The van der Waals surface area contributed by atoms with E-state index in [1.54, 1.807) is 18.0 Å². The highest BCUT2D eigenvalue weighted by molar-refractivity contribution is 7.98. The highest BCUT2D eigenvalue weighted by Gasteiger charge is 2.33. The lowest BCUT2D eigenvalue weighted by Crippen LogP contribution is -2.45. The number of hydrogen-bond acceptors (Lipinski definition) is 5. The summed E-state index contributed by atoms with van der Waals surface area (Å²) in [7, 11) is -3.73. The first-order valence-electron chi connectivity index (χ1n) is 9.10. The van der Waals surface area contributed by atoms with E-state index in [0.29, 0.717) is 25.9 Å². The minimum absolute atomic E-state index is 0.0456. The number of furan rings is 1. The van der Waals surface area contributed by atoms with Gasteiger partial charge in [0.25, 0.3) is 0 Å². The summed E-state index contributed by atoms with van der Waals surface area (Å²) in [6.07, 6.45) is 2.90. The molecular weight excluding hydrogens is 403 g/mol. The van der Waals surface area contributed by atoms with Gasteiger partial charge in [-0.05, 0) is 49.2 Å². The summed E-state index contributed by atoms with van der Waals surface area (Å²) in [5.41, 5.74) is 0. The fraction of sp³-hybridized carbons (Fsp3) is 0.421. The Morgan fingerprint density at radius 1 is 1.29 bits per heavy atom. The van der Waals surface area contributed by atoms with Gasteiger partial charge in [-0.3, -0.25) is 4.79 Å². The van der Waals surface area contributed by atoms with Crippen LogP contribution in [-0.4, -0.2) is 44.0 Å². The average Bonchev–Trinajstić information content (AvgIpc) is 3.21. The fourth-order valence-electron chi connectivity index (χ4n) is 3.09. The standard InChI is InChI=1S/C19H23FN2O4S2/c20-16-5-7-18(8-6-16)28(24,25)22-10-1-3-15(13-22)19(23)21-9-12-27-14-17-4-2-11-26-17/h2,4-8,11,15H,1,3,9-10,12-14H2,(H,21,23)/t15-/m1/s1. The van der Waals surface area contributed by atoms with Crippen LogP contribution in [0.2, 0.25) is 0 Å². The molecule has 1 N–H and O–H groups in total. The molecule has 3 rings (SSSR count). The van der Waals surface area contributed by atoms with E-state index < -0.39 is 15.8 Å².